The van der Waals surface area contributed by atoms with Gasteiger partial charge in [0, 0.05) is 31.3 Å². The first-order valence-corrected chi connectivity index (χ1v) is 9.55. The Labute approximate surface area is 169 Å². The normalized spacial score (nSPS) is 12.8. The number of H-pyrrole nitrogens is 1. The van der Waals surface area contributed by atoms with E-state index in [1.807, 2.05) is 45.4 Å². The standard InChI is InChI=1S/C22H25N5O2/c1-26(2)8-9-27(3)17-12-16(20-21(25-13-24-20)19(17)22(23)28)14-6-7-18-15(11-14)5-4-10-29-18/h4-7,11-13H,8-10H2,1-3H3,(H2,23,28)(H,24,25). The monoisotopic (exact) mass is 391 g/mol. The van der Waals surface area contributed by atoms with E-state index in [9.17, 15) is 4.79 Å². The van der Waals surface area contributed by atoms with E-state index in [0.29, 0.717) is 17.7 Å². The summed E-state index contributed by atoms with van der Waals surface area (Å²) in [6, 6.07) is 8.09. The second-order valence-corrected chi connectivity index (χ2v) is 7.50. The van der Waals surface area contributed by atoms with Crippen LogP contribution in [0.1, 0.15) is 15.9 Å². The van der Waals surface area contributed by atoms with E-state index in [1.165, 1.54) is 0 Å². The molecule has 0 radical (unpaired) electrons. The molecule has 1 aromatic heterocycles. The van der Waals surface area contributed by atoms with Crippen LogP contribution in [-0.2, 0) is 0 Å². The molecule has 0 atom stereocenters. The molecule has 7 nitrogen and oxygen atoms in total. The topological polar surface area (TPSA) is 87.5 Å². The number of rotatable bonds is 6. The Hall–Kier alpha value is -3.32. The number of hydrogen-bond donors (Lipinski definition) is 2. The summed E-state index contributed by atoms with van der Waals surface area (Å²) in [6.07, 6.45) is 5.66. The number of aromatic nitrogens is 2. The van der Waals surface area contributed by atoms with Crippen molar-refractivity contribution in [3.05, 3.63) is 47.8 Å². The zero-order chi connectivity index (χ0) is 20.5. The van der Waals surface area contributed by atoms with Gasteiger partial charge in [0.15, 0.2) is 0 Å². The number of nitrogens with zero attached hydrogens (tertiary/aromatic N) is 3. The number of likely N-dealkylation sites (N-methyl/N-ethyl adjacent to an activating group) is 2. The summed E-state index contributed by atoms with van der Waals surface area (Å²) in [5, 5.41) is 0. The van der Waals surface area contributed by atoms with Gasteiger partial charge in [-0.2, -0.15) is 0 Å². The number of primary amides is 1. The lowest BCUT2D eigenvalue weighted by Gasteiger charge is -2.25. The average molecular weight is 391 g/mol. The van der Waals surface area contributed by atoms with Crippen molar-refractivity contribution >= 4 is 28.7 Å². The number of fused-ring (bicyclic) bond motifs is 2. The molecule has 1 amide bonds. The number of nitrogens with one attached hydrogen (secondary N) is 1. The van der Waals surface area contributed by atoms with E-state index in [2.05, 4.69) is 31.9 Å². The molecule has 150 valence electrons. The molecule has 3 N–H and O–H groups in total. The fraction of sp³-hybridized carbons (Fsp3) is 0.273. The van der Waals surface area contributed by atoms with Crippen LogP contribution in [0.15, 0.2) is 36.7 Å². The van der Waals surface area contributed by atoms with Crippen LogP contribution in [0.5, 0.6) is 5.75 Å². The second-order valence-electron chi connectivity index (χ2n) is 7.50. The van der Waals surface area contributed by atoms with Crippen LogP contribution >= 0.6 is 0 Å². The lowest BCUT2D eigenvalue weighted by atomic mass is 9.96. The molecule has 2 aromatic carbocycles. The van der Waals surface area contributed by atoms with Gasteiger partial charge in [-0.05, 0) is 43.9 Å². The van der Waals surface area contributed by atoms with Gasteiger partial charge in [-0.1, -0.05) is 12.1 Å². The lowest BCUT2D eigenvalue weighted by Crippen LogP contribution is -2.30. The van der Waals surface area contributed by atoms with E-state index in [4.69, 9.17) is 10.5 Å². The number of carbonyl (C=O) groups is 1. The van der Waals surface area contributed by atoms with Crippen LogP contribution in [0.4, 0.5) is 5.69 Å². The highest BCUT2D eigenvalue weighted by Gasteiger charge is 2.22. The number of hydrogen-bond acceptors (Lipinski definition) is 5. The highest BCUT2D eigenvalue weighted by molar-refractivity contribution is 6.12. The van der Waals surface area contributed by atoms with Crippen molar-refractivity contribution in [3.63, 3.8) is 0 Å². The van der Waals surface area contributed by atoms with Crippen LogP contribution in [0.25, 0.3) is 28.2 Å². The molecule has 0 bridgehead atoms. The molecule has 0 unspecified atom stereocenters. The van der Waals surface area contributed by atoms with Gasteiger partial charge >= 0.3 is 0 Å². The predicted molar refractivity (Wildman–Crippen MR) is 116 cm³/mol. The molecule has 2 heterocycles. The third kappa shape index (κ3) is 3.56. The summed E-state index contributed by atoms with van der Waals surface area (Å²) in [5.74, 6) is 0.394. The van der Waals surface area contributed by atoms with Gasteiger partial charge in [-0.3, -0.25) is 4.79 Å². The van der Waals surface area contributed by atoms with Crippen molar-refractivity contribution in [2.24, 2.45) is 5.73 Å². The third-order valence-electron chi connectivity index (χ3n) is 5.18. The summed E-state index contributed by atoms with van der Waals surface area (Å²) < 4.78 is 5.67. The molecule has 0 saturated heterocycles. The molecule has 0 saturated carbocycles. The Morgan fingerprint density at radius 3 is 2.83 bits per heavy atom. The van der Waals surface area contributed by atoms with Crippen molar-refractivity contribution in [3.8, 4) is 16.9 Å². The fourth-order valence-electron chi connectivity index (χ4n) is 3.63. The molecule has 0 spiro atoms. The number of nitrogens with two attached hydrogens (primary N) is 1. The minimum Gasteiger partial charge on any atom is -0.489 e. The molecule has 7 heteroatoms. The smallest absolute Gasteiger partial charge is 0.253 e. The Balaban J connectivity index is 1.89. The summed E-state index contributed by atoms with van der Waals surface area (Å²) in [4.78, 5) is 24.1. The van der Waals surface area contributed by atoms with Crippen LogP contribution in [0.2, 0.25) is 0 Å². The number of benzene rings is 2. The number of amides is 1. The minimum absolute atomic E-state index is 0.462. The summed E-state index contributed by atoms with van der Waals surface area (Å²) in [5.41, 5.74) is 11.4. The summed E-state index contributed by atoms with van der Waals surface area (Å²) in [7, 11) is 6.02. The van der Waals surface area contributed by atoms with Crippen molar-refractivity contribution in [1.82, 2.24) is 14.9 Å². The number of aromatic amines is 1. The van der Waals surface area contributed by atoms with Gasteiger partial charge in [0.05, 0.1) is 28.6 Å². The van der Waals surface area contributed by atoms with E-state index in [-0.39, 0.29) is 0 Å². The molecule has 3 aromatic rings. The fourth-order valence-corrected chi connectivity index (χ4v) is 3.63. The van der Waals surface area contributed by atoms with Gasteiger partial charge in [-0.25, -0.2) is 4.98 Å². The predicted octanol–water partition coefficient (Wildman–Crippen LogP) is 2.73. The van der Waals surface area contributed by atoms with E-state index >= 15 is 0 Å². The lowest BCUT2D eigenvalue weighted by molar-refractivity contribution is 0.100. The molecule has 29 heavy (non-hydrogen) atoms. The van der Waals surface area contributed by atoms with Crippen LogP contribution < -0.4 is 15.4 Å². The zero-order valence-electron chi connectivity index (χ0n) is 16.9. The molecule has 4 rings (SSSR count). The SMILES string of the molecule is CN(C)CCN(C)c1cc(-c2ccc3c(c2)C=CCO3)c2nc[nH]c2c1C(N)=O. The van der Waals surface area contributed by atoms with Gasteiger partial charge in [0.25, 0.3) is 5.91 Å². The van der Waals surface area contributed by atoms with Gasteiger partial charge < -0.3 is 25.3 Å². The highest BCUT2D eigenvalue weighted by atomic mass is 16.5. The average Bonchev–Trinajstić information content (AvgIpc) is 3.19. The number of carbonyl (C=O) groups excluding carboxylic acids is 1. The van der Waals surface area contributed by atoms with Crippen LogP contribution in [0.3, 0.4) is 0 Å². The molecular weight excluding hydrogens is 366 g/mol. The van der Waals surface area contributed by atoms with E-state index in [1.54, 1.807) is 6.33 Å². The molecule has 0 aliphatic carbocycles. The first kappa shape index (κ1) is 19.0. The quantitative estimate of drug-likeness (QED) is 0.675. The van der Waals surface area contributed by atoms with Crippen molar-refractivity contribution in [2.75, 3.05) is 45.7 Å². The Morgan fingerprint density at radius 2 is 2.07 bits per heavy atom. The summed E-state index contributed by atoms with van der Waals surface area (Å²) >= 11 is 0. The van der Waals surface area contributed by atoms with Crippen molar-refractivity contribution in [2.45, 2.75) is 0 Å². The summed E-state index contributed by atoms with van der Waals surface area (Å²) in [6.45, 7) is 2.20. The van der Waals surface area contributed by atoms with E-state index in [0.717, 1.165) is 46.7 Å². The molecular formula is C22H25N5O2. The maximum absolute atomic E-state index is 12.3. The third-order valence-corrected chi connectivity index (χ3v) is 5.18. The molecule has 0 fully saturated rings. The zero-order valence-corrected chi connectivity index (χ0v) is 16.9. The van der Waals surface area contributed by atoms with Crippen molar-refractivity contribution in [1.29, 1.82) is 0 Å². The first-order valence-electron chi connectivity index (χ1n) is 9.55. The van der Waals surface area contributed by atoms with Crippen LogP contribution in [-0.4, -0.2) is 61.6 Å². The van der Waals surface area contributed by atoms with Crippen molar-refractivity contribution < 1.29 is 9.53 Å². The maximum Gasteiger partial charge on any atom is 0.253 e. The Bertz CT molecular complexity index is 1100. The first-order chi connectivity index (χ1) is 14.0. The molecule has 1 aliphatic rings. The minimum atomic E-state index is -0.473. The van der Waals surface area contributed by atoms with Crippen LogP contribution in [0, 0.1) is 0 Å². The number of imidazole rings is 1. The number of anilines is 1. The maximum atomic E-state index is 12.3. The Morgan fingerprint density at radius 1 is 1.24 bits per heavy atom. The van der Waals surface area contributed by atoms with E-state index < -0.39 is 5.91 Å². The van der Waals surface area contributed by atoms with Gasteiger partial charge in [0.1, 0.15) is 12.4 Å². The van der Waals surface area contributed by atoms with Gasteiger partial charge in [0.2, 0.25) is 0 Å². The second kappa shape index (κ2) is 7.60. The largest absolute Gasteiger partial charge is 0.489 e. The van der Waals surface area contributed by atoms with Gasteiger partial charge in [-0.15, -0.1) is 0 Å². The molecule has 1 aliphatic heterocycles. The number of ether oxygens (including phenoxy) is 1. The Kier molecular flexibility index (Phi) is 4.98. The highest BCUT2D eigenvalue weighted by Crippen LogP contribution is 2.37.